The molecule has 0 aromatic carbocycles. The number of nitrogens with zero attached hydrogens (tertiary/aromatic N) is 3. The van der Waals surface area contributed by atoms with Gasteiger partial charge in [0.2, 0.25) is 0 Å². The smallest absolute Gasteiger partial charge is 0.142 e. The lowest BCUT2D eigenvalue weighted by Crippen LogP contribution is -1.85. The Morgan fingerprint density at radius 3 is 2.83 bits per heavy atom. The summed E-state index contributed by atoms with van der Waals surface area (Å²) >= 11 is 3.47. The fourth-order valence-corrected chi connectivity index (χ4v) is 2.13. The number of hydrogen-bond acceptors (Lipinski definition) is 2. The molecule has 0 saturated carbocycles. The van der Waals surface area contributed by atoms with E-state index >= 15 is 0 Å². The van der Waals surface area contributed by atoms with Crippen molar-refractivity contribution in [3.8, 4) is 11.3 Å². The average molecular weight is 306 g/mol. The maximum Gasteiger partial charge on any atom is 0.142 e. The van der Waals surface area contributed by atoms with Crippen LogP contribution in [0.4, 0.5) is 4.39 Å². The van der Waals surface area contributed by atoms with Gasteiger partial charge in [-0.2, -0.15) is 0 Å². The largest absolute Gasteiger partial charge is 0.305 e. The van der Waals surface area contributed by atoms with Crippen molar-refractivity contribution in [2.24, 2.45) is 0 Å². The minimum Gasteiger partial charge on any atom is -0.305 e. The third-order valence-corrected chi connectivity index (χ3v) is 3.57. The molecule has 0 fully saturated rings. The molecule has 0 aliphatic rings. The van der Waals surface area contributed by atoms with E-state index in [1.165, 1.54) is 12.3 Å². The highest BCUT2D eigenvalue weighted by atomic mass is 79.9. The first kappa shape index (κ1) is 11.3. The Labute approximate surface area is 111 Å². The van der Waals surface area contributed by atoms with Gasteiger partial charge in [-0.25, -0.2) is 9.37 Å². The Hall–Kier alpha value is -1.75. The molecule has 0 spiro atoms. The van der Waals surface area contributed by atoms with E-state index in [4.69, 9.17) is 0 Å². The highest BCUT2D eigenvalue weighted by molar-refractivity contribution is 9.10. The van der Waals surface area contributed by atoms with Gasteiger partial charge in [-0.15, -0.1) is 0 Å². The minimum atomic E-state index is -0.359. The van der Waals surface area contributed by atoms with Gasteiger partial charge in [-0.1, -0.05) is 0 Å². The van der Waals surface area contributed by atoms with Crippen LogP contribution in [0.15, 0.2) is 41.4 Å². The van der Waals surface area contributed by atoms with E-state index in [1.54, 1.807) is 6.20 Å². The van der Waals surface area contributed by atoms with Crippen molar-refractivity contribution in [2.75, 3.05) is 0 Å². The first-order valence-electron chi connectivity index (χ1n) is 5.39. The molecule has 90 valence electrons. The summed E-state index contributed by atoms with van der Waals surface area (Å²) in [5.41, 5.74) is 3.32. The number of pyridine rings is 2. The van der Waals surface area contributed by atoms with Gasteiger partial charge < -0.3 is 4.40 Å². The lowest BCUT2D eigenvalue weighted by Gasteiger charge is -1.98. The SMILES string of the molecule is Cc1cc2nc(-c3cncc(F)c3)cn2cc1Br. The molecule has 0 N–H and O–H groups in total. The minimum absolute atomic E-state index is 0.359. The Kier molecular flexibility index (Phi) is 2.63. The second-order valence-electron chi connectivity index (χ2n) is 4.09. The molecule has 0 amide bonds. The molecule has 3 aromatic rings. The number of rotatable bonds is 1. The van der Waals surface area contributed by atoms with E-state index in [9.17, 15) is 4.39 Å². The summed E-state index contributed by atoms with van der Waals surface area (Å²) in [7, 11) is 0. The van der Waals surface area contributed by atoms with E-state index in [1.807, 2.05) is 29.8 Å². The van der Waals surface area contributed by atoms with Crippen LogP contribution < -0.4 is 0 Å². The van der Waals surface area contributed by atoms with Gasteiger partial charge in [0.15, 0.2) is 0 Å². The number of aryl methyl sites for hydroxylation is 1. The molecule has 5 heteroatoms. The summed E-state index contributed by atoms with van der Waals surface area (Å²) in [5, 5.41) is 0. The summed E-state index contributed by atoms with van der Waals surface area (Å²) in [6.07, 6.45) is 6.58. The summed E-state index contributed by atoms with van der Waals surface area (Å²) < 4.78 is 16.0. The Balaban J connectivity index is 2.19. The summed E-state index contributed by atoms with van der Waals surface area (Å²) in [6.45, 7) is 2.00. The summed E-state index contributed by atoms with van der Waals surface area (Å²) in [6, 6.07) is 3.40. The highest BCUT2D eigenvalue weighted by Gasteiger charge is 2.07. The van der Waals surface area contributed by atoms with Gasteiger partial charge in [-0.05, 0) is 40.5 Å². The number of aromatic nitrogens is 3. The van der Waals surface area contributed by atoms with Crippen LogP contribution in [-0.2, 0) is 0 Å². The molecule has 3 nitrogen and oxygen atoms in total. The van der Waals surface area contributed by atoms with Crippen LogP contribution in [0, 0.1) is 12.7 Å². The number of imidazole rings is 1. The molecule has 0 aliphatic heterocycles. The van der Waals surface area contributed by atoms with Crippen LogP contribution in [0.25, 0.3) is 16.9 Å². The fourth-order valence-electron chi connectivity index (χ4n) is 1.80. The van der Waals surface area contributed by atoms with Gasteiger partial charge in [0, 0.05) is 28.6 Å². The van der Waals surface area contributed by atoms with Crippen molar-refractivity contribution in [1.29, 1.82) is 0 Å². The van der Waals surface area contributed by atoms with Crippen molar-refractivity contribution < 1.29 is 4.39 Å². The molecule has 0 radical (unpaired) electrons. The lowest BCUT2D eigenvalue weighted by atomic mass is 10.2. The van der Waals surface area contributed by atoms with E-state index in [0.29, 0.717) is 11.3 Å². The average Bonchev–Trinajstić information content (AvgIpc) is 2.73. The summed E-state index contributed by atoms with van der Waals surface area (Å²) in [5.74, 6) is -0.359. The molecule has 0 bridgehead atoms. The summed E-state index contributed by atoms with van der Waals surface area (Å²) in [4.78, 5) is 8.29. The maximum absolute atomic E-state index is 13.1. The number of halogens is 2. The highest BCUT2D eigenvalue weighted by Crippen LogP contribution is 2.22. The van der Waals surface area contributed by atoms with E-state index in [-0.39, 0.29) is 5.82 Å². The van der Waals surface area contributed by atoms with Crippen LogP contribution in [0.1, 0.15) is 5.56 Å². The molecular formula is C13H9BrFN3. The van der Waals surface area contributed by atoms with Gasteiger partial charge in [0.25, 0.3) is 0 Å². The van der Waals surface area contributed by atoms with Crippen molar-refractivity contribution in [3.05, 3.63) is 52.8 Å². The molecular weight excluding hydrogens is 297 g/mol. The standard InChI is InChI=1S/C13H9BrFN3/c1-8-2-13-17-12(7-18(13)6-11(8)14)9-3-10(15)5-16-4-9/h2-7H,1H3. The predicted octanol–water partition coefficient (Wildman–Crippen LogP) is 3.61. The lowest BCUT2D eigenvalue weighted by molar-refractivity contribution is 0.622. The Morgan fingerprint density at radius 2 is 2.06 bits per heavy atom. The van der Waals surface area contributed by atoms with E-state index in [2.05, 4.69) is 25.9 Å². The number of fused-ring (bicyclic) bond motifs is 1. The zero-order chi connectivity index (χ0) is 12.7. The van der Waals surface area contributed by atoms with Gasteiger partial charge >= 0.3 is 0 Å². The van der Waals surface area contributed by atoms with Gasteiger partial charge in [0.1, 0.15) is 11.5 Å². The van der Waals surface area contributed by atoms with Crippen LogP contribution in [0.2, 0.25) is 0 Å². The van der Waals surface area contributed by atoms with Crippen molar-refractivity contribution in [1.82, 2.24) is 14.4 Å². The third kappa shape index (κ3) is 1.90. The van der Waals surface area contributed by atoms with E-state index in [0.717, 1.165) is 15.7 Å². The van der Waals surface area contributed by atoms with Crippen molar-refractivity contribution in [3.63, 3.8) is 0 Å². The molecule has 0 atom stereocenters. The second kappa shape index (κ2) is 4.17. The van der Waals surface area contributed by atoms with Crippen LogP contribution in [0.5, 0.6) is 0 Å². The normalized spacial score (nSPS) is 11.1. The van der Waals surface area contributed by atoms with Crippen molar-refractivity contribution in [2.45, 2.75) is 6.92 Å². The Morgan fingerprint density at radius 1 is 1.22 bits per heavy atom. The molecule has 3 aromatic heterocycles. The molecule has 3 heterocycles. The quantitative estimate of drug-likeness (QED) is 0.687. The van der Waals surface area contributed by atoms with Gasteiger partial charge in [-0.3, -0.25) is 4.98 Å². The molecule has 0 unspecified atom stereocenters. The van der Waals surface area contributed by atoms with E-state index < -0.39 is 0 Å². The second-order valence-corrected chi connectivity index (χ2v) is 4.94. The van der Waals surface area contributed by atoms with Gasteiger partial charge in [0.05, 0.1) is 11.9 Å². The molecule has 0 aliphatic carbocycles. The maximum atomic E-state index is 13.1. The predicted molar refractivity (Wildman–Crippen MR) is 70.8 cm³/mol. The fraction of sp³-hybridized carbons (Fsp3) is 0.0769. The van der Waals surface area contributed by atoms with Crippen LogP contribution >= 0.6 is 15.9 Å². The third-order valence-electron chi connectivity index (χ3n) is 2.74. The zero-order valence-corrected chi connectivity index (χ0v) is 11.1. The number of hydrogen-bond donors (Lipinski definition) is 0. The first-order chi connectivity index (χ1) is 8.63. The monoisotopic (exact) mass is 305 g/mol. The zero-order valence-electron chi connectivity index (χ0n) is 9.56. The van der Waals surface area contributed by atoms with Crippen molar-refractivity contribution >= 4 is 21.6 Å². The van der Waals surface area contributed by atoms with Crippen LogP contribution in [-0.4, -0.2) is 14.4 Å². The molecule has 3 rings (SSSR count). The van der Waals surface area contributed by atoms with Crippen LogP contribution in [0.3, 0.4) is 0 Å². The topological polar surface area (TPSA) is 30.2 Å². The molecule has 18 heavy (non-hydrogen) atoms. The first-order valence-corrected chi connectivity index (χ1v) is 6.18. The molecule has 0 saturated heterocycles. The Bertz CT molecular complexity index is 697.